The van der Waals surface area contributed by atoms with Crippen LogP contribution in [0, 0.1) is 23.7 Å². The van der Waals surface area contributed by atoms with Gasteiger partial charge in [-0.05, 0) is 18.6 Å². The third-order valence-electron chi connectivity index (χ3n) is 2.25. The van der Waals surface area contributed by atoms with E-state index in [0.29, 0.717) is 11.7 Å². The molecule has 0 amide bonds. The molecule has 0 aliphatic heterocycles. The number of aryl methyl sites for hydroxylation is 1. The van der Waals surface area contributed by atoms with Crippen LogP contribution in [-0.2, 0) is 13.6 Å². The molecule has 0 spiro atoms. The summed E-state index contributed by atoms with van der Waals surface area (Å²) in [7, 11) is 1.87. The maximum atomic E-state index is 8.78. The summed E-state index contributed by atoms with van der Waals surface area (Å²) in [5, 5.41) is 12.1. The summed E-state index contributed by atoms with van der Waals surface area (Å²) in [5.41, 5.74) is 1.79. The van der Waals surface area contributed by atoms with Gasteiger partial charge >= 0.3 is 0 Å². The molecule has 0 aromatic carbocycles. The molecule has 1 aromatic rings. The van der Waals surface area contributed by atoms with Gasteiger partial charge in [0.1, 0.15) is 11.8 Å². The quantitative estimate of drug-likeness (QED) is 0.748. The highest BCUT2D eigenvalue weighted by Crippen LogP contribution is 2.06. The fraction of sp³-hybridized carbons (Fsp3) is 0.417. The molecular formula is C12H15N3. The molecule has 3 nitrogen and oxygen atoms in total. The van der Waals surface area contributed by atoms with Crippen molar-refractivity contribution in [2.75, 3.05) is 0 Å². The van der Waals surface area contributed by atoms with Crippen LogP contribution in [0.25, 0.3) is 0 Å². The number of terminal acetylenes is 1. The van der Waals surface area contributed by atoms with Gasteiger partial charge in [0.05, 0.1) is 0 Å². The zero-order valence-electron chi connectivity index (χ0n) is 9.12. The minimum Gasteiger partial charge on any atom is -0.342 e. The molecule has 1 heterocycles. The van der Waals surface area contributed by atoms with Crippen molar-refractivity contribution in [1.29, 1.82) is 5.26 Å². The van der Waals surface area contributed by atoms with Gasteiger partial charge in [-0.3, -0.25) is 0 Å². The molecule has 0 aliphatic carbocycles. The second kappa shape index (κ2) is 5.24. The lowest BCUT2D eigenvalue weighted by Crippen LogP contribution is -2.24. The van der Waals surface area contributed by atoms with Crippen LogP contribution in [0.1, 0.15) is 24.6 Å². The summed E-state index contributed by atoms with van der Waals surface area (Å²) >= 11 is 0. The Morgan fingerprint density at radius 3 is 2.93 bits per heavy atom. The van der Waals surface area contributed by atoms with Crippen molar-refractivity contribution in [2.45, 2.75) is 25.9 Å². The standard InChI is InChI=1S/C12H15N3/c1-4-5-10(2)14-8-11-6-12(7-13)15(3)9-11/h1,6,9-10,14H,5,8H2,2-3H3. The van der Waals surface area contributed by atoms with Crippen molar-refractivity contribution in [3.05, 3.63) is 23.5 Å². The van der Waals surface area contributed by atoms with Gasteiger partial charge in [0.2, 0.25) is 0 Å². The van der Waals surface area contributed by atoms with E-state index >= 15 is 0 Å². The molecule has 1 atom stereocenters. The van der Waals surface area contributed by atoms with Crippen LogP contribution in [0.4, 0.5) is 0 Å². The first-order valence-corrected chi connectivity index (χ1v) is 4.89. The van der Waals surface area contributed by atoms with Crippen molar-refractivity contribution < 1.29 is 0 Å². The first-order chi connectivity index (χ1) is 7.17. The molecule has 0 aliphatic rings. The van der Waals surface area contributed by atoms with Crippen LogP contribution in [0.2, 0.25) is 0 Å². The van der Waals surface area contributed by atoms with E-state index in [1.807, 2.05) is 30.8 Å². The molecule has 3 heteroatoms. The molecule has 0 fully saturated rings. The minimum absolute atomic E-state index is 0.306. The van der Waals surface area contributed by atoms with Crippen LogP contribution in [0.15, 0.2) is 12.3 Å². The Bertz CT molecular complexity index is 403. The Kier molecular flexibility index (Phi) is 3.97. The second-order valence-corrected chi connectivity index (χ2v) is 3.65. The van der Waals surface area contributed by atoms with Gasteiger partial charge in [-0.25, -0.2) is 0 Å². The highest BCUT2D eigenvalue weighted by Gasteiger charge is 2.03. The second-order valence-electron chi connectivity index (χ2n) is 3.65. The lowest BCUT2D eigenvalue weighted by Gasteiger charge is -2.08. The molecular weight excluding hydrogens is 186 g/mol. The number of aromatic nitrogens is 1. The first-order valence-electron chi connectivity index (χ1n) is 4.89. The maximum Gasteiger partial charge on any atom is 0.120 e. The molecule has 1 unspecified atom stereocenters. The Labute approximate surface area is 90.7 Å². The summed E-state index contributed by atoms with van der Waals surface area (Å²) in [5.74, 6) is 2.61. The predicted octanol–water partition coefficient (Wildman–Crippen LogP) is 1.40. The Balaban J connectivity index is 2.52. The molecule has 0 bridgehead atoms. The van der Waals surface area contributed by atoms with Gasteiger partial charge in [-0.1, -0.05) is 0 Å². The van der Waals surface area contributed by atoms with Crippen molar-refractivity contribution in [3.8, 4) is 18.4 Å². The topological polar surface area (TPSA) is 40.8 Å². The molecule has 0 saturated carbocycles. The minimum atomic E-state index is 0.306. The van der Waals surface area contributed by atoms with Crippen molar-refractivity contribution in [2.24, 2.45) is 7.05 Å². The van der Waals surface area contributed by atoms with Crippen molar-refractivity contribution in [1.82, 2.24) is 9.88 Å². The smallest absolute Gasteiger partial charge is 0.120 e. The third kappa shape index (κ3) is 3.16. The van der Waals surface area contributed by atoms with Gasteiger partial charge in [0.25, 0.3) is 0 Å². The SMILES string of the molecule is C#CCC(C)NCc1cc(C#N)n(C)c1. The number of hydrogen-bond donors (Lipinski definition) is 1. The van der Waals surface area contributed by atoms with Crippen molar-refractivity contribution >= 4 is 0 Å². The average molecular weight is 201 g/mol. The number of nitrogens with zero attached hydrogens (tertiary/aromatic N) is 2. The van der Waals surface area contributed by atoms with Crippen LogP contribution in [-0.4, -0.2) is 10.6 Å². The molecule has 78 valence electrons. The van der Waals surface area contributed by atoms with Crippen LogP contribution < -0.4 is 5.32 Å². The normalized spacial score (nSPS) is 11.7. The number of hydrogen-bond acceptors (Lipinski definition) is 2. The average Bonchev–Trinajstić information content (AvgIpc) is 2.56. The van der Waals surface area contributed by atoms with Gasteiger partial charge in [0, 0.05) is 32.3 Å². The lowest BCUT2D eigenvalue weighted by molar-refractivity contribution is 0.559. The Hall–Kier alpha value is -1.71. The van der Waals surface area contributed by atoms with E-state index in [0.717, 1.165) is 18.5 Å². The number of rotatable bonds is 4. The largest absolute Gasteiger partial charge is 0.342 e. The van der Waals surface area contributed by atoms with Crippen LogP contribution in [0.3, 0.4) is 0 Å². The summed E-state index contributed by atoms with van der Waals surface area (Å²) < 4.78 is 1.82. The molecule has 1 N–H and O–H groups in total. The molecule has 15 heavy (non-hydrogen) atoms. The van der Waals surface area contributed by atoms with Gasteiger partial charge < -0.3 is 9.88 Å². The van der Waals surface area contributed by atoms with Crippen LogP contribution >= 0.6 is 0 Å². The van der Waals surface area contributed by atoms with Gasteiger partial charge in [0.15, 0.2) is 0 Å². The highest BCUT2D eigenvalue weighted by molar-refractivity contribution is 5.28. The van der Waals surface area contributed by atoms with E-state index in [-0.39, 0.29) is 0 Å². The van der Waals surface area contributed by atoms with E-state index in [4.69, 9.17) is 11.7 Å². The zero-order valence-corrected chi connectivity index (χ0v) is 9.12. The zero-order chi connectivity index (χ0) is 11.3. The van der Waals surface area contributed by atoms with E-state index in [1.165, 1.54) is 0 Å². The van der Waals surface area contributed by atoms with E-state index in [1.54, 1.807) is 0 Å². The summed E-state index contributed by atoms with van der Waals surface area (Å²) in [4.78, 5) is 0. The number of nitrogens with one attached hydrogen (secondary N) is 1. The fourth-order valence-corrected chi connectivity index (χ4v) is 1.38. The highest BCUT2D eigenvalue weighted by atomic mass is 14.9. The summed E-state index contributed by atoms with van der Waals surface area (Å²) in [6, 6.07) is 4.32. The monoisotopic (exact) mass is 201 g/mol. The maximum absolute atomic E-state index is 8.78. The third-order valence-corrected chi connectivity index (χ3v) is 2.25. The summed E-state index contributed by atoms with van der Waals surface area (Å²) in [6.45, 7) is 2.80. The first kappa shape index (κ1) is 11.4. The van der Waals surface area contributed by atoms with E-state index in [9.17, 15) is 0 Å². The lowest BCUT2D eigenvalue weighted by atomic mass is 10.2. The Morgan fingerprint density at radius 2 is 2.40 bits per heavy atom. The van der Waals surface area contributed by atoms with Crippen molar-refractivity contribution in [3.63, 3.8) is 0 Å². The molecule has 0 saturated heterocycles. The summed E-state index contributed by atoms with van der Waals surface area (Å²) in [6.07, 6.45) is 7.88. The van der Waals surface area contributed by atoms with Gasteiger partial charge in [-0.2, -0.15) is 5.26 Å². The van der Waals surface area contributed by atoms with E-state index < -0.39 is 0 Å². The molecule has 1 rings (SSSR count). The van der Waals surface area contributed by atoms with Gasteiger partial charge in [-0.15, -0.1) is 12.3 Å². The predicted molar refractivity (Wildman–Crippen MR) is 59.9 cm³/mol. The van der Waals surface area contributed by atoms with E-state index in [2.05, 4.69) is 17.3 Å². The number of nitriles is 1. The molecule has 0 radical (unpaired) electrons. The Morgan fingerprint density at radius 1 is 1.67 bits per heavy atom. The fourth-order valence-electron chi connectivity index (χ4n) is 1.38. The van der Waals surface area contributed by atoms with Crippen LogP contribution in [0.5, 0.6) is 0 Å². The molecule has 1 aromatic heterocycles.